The monoisotopic (exact) mass is 409 g/mol. The van der Waals surface area contributed by atoms with Crippen LogP contribution < -0.4 is 5.32 Å². The number of carbonyl (C=O) groups is 1. The van der Waals surface area contributed by atoms with Crippen LogP contribution in [-0.4, -0.2) is 42.0 Å². The fraction of sp³-hybridized carbons (Fsp3) is 0.333. The number of para-hydroxylation sites is 1. The maximum Gasteiger partial charge on any atom is 0.244 e. The summed E-state index contributed by atoms with van der Waals surface area (Å²) in [7, 11) is -3.51. The van der Waals surface area contributed by atoms with Gasteiger partial charge in [-0.05, 0) is 44.0 Å². The van der Waals surface area contributed by atoms with Gasteiger partial charge in [0, 0.05) is 19.3 Å². The highest BCUT2D eigenvalue weighted by Gasteiger charge is 2.27. The van der Waals surface area contributed by atoms with Crippen molar-refractivity contribution in [2.24, 2.45) is 0 Å². The molecule has 0 bridgehead atoms. The third-order valence-corrected chi connectivity index (χ3v) is 7.14. The van der Waals surface area contributed by atoms with Crippen LogP contribution in [0.3, 0.4) is 0 Å². The van der Waals surface area contributed by atoms with E-state index in [1.54, 1.807) is 25.1 Å². The number of halogens is 1. The Hall–Kier alpha value is -1.97. The van der Waals surface area contributed by atoms with Crippen molar-refractivity contribution in [3.63, 3.8) is 0 Å². The summed E-state index contributed by atoms with van der Waals surface area (Å²) in [4.78, 5) is 16.6. The van der Waals surface area contributed by atoms with Crippen molar-refractivity contribution in [2.75, 3.05) is 18.4 Å². The van der Waals surface area contributed by atoms with Gasteiger partial charge in [-0.1, -0.05) is 23.9 Å². The number of amides is 1. The molecule has 144 valence electrons. The van der Waals surface area contributed by atoms with E-state index in [-0.39, 0.29) is 16.5 Å². The third kappa shape index (κ3) is 4.66. The molecule has 1 aromatic carbocycles. The van der Waals surface area contributed by atoms with Gasteiger partial charge in [0.05, 0.1) is 16.0 Å². The van der Waals surface area contributed by atoms with Crippen LogP contribution in [-0.2, 0) is 14.8 Å². The number of hydrogen-bond donors (Lipinski definition) is 1. The molecule has 2 heterocycles. The van der Waals surface area contributed by atoms with Gasteiger partial charge in [-0.3, -0.25) is 4.79 Å². The van der Waals surface area contributed by atoms with E-state index in [1.807, 2.05) is 0 Å². The van der Waals surface area contributed by atoms with Crippen molar-refractivity contribution in [2.45, 2.75) is 34.9 Å². The second kappa shape index (κ2) is 8.37. The summed E-state index contributed by atoms with van der Waals surface area (Å²) in [6, 6.07) is 9.03. The standard InChI is InChI=1S/C18H20FN3O3S2/c1-13(18(23)21-16-7-3-2-6-15(16)19)26-17-9-8-14(12-20-17)27(24,25)22-10-4-5-11-22/h2-3,6-9,12-13H,4-5,10-11H2,1H3,(H,21,23)/t13-/m1/s1. The second-order valence-corrected chi connectivity index (χ2v) is 9.47. The summed E-state index contributed by atoms with van der Waals surface area (Å²) in [6.45, 7) is 2.75. The van der Waals surface area contributed by atoms with Crippen LogP contribution in [0, 0.1) is 5.82 Å². The normalized spacial score (nSPS) is 16.2. The van der Waals surface area contributed by atoms with Crippen molar-refractivity contribution in [3.05, 3.63) is 48.4 Å². The van der Waals surface area contributed by atoms with E-state index in [0.717, 1.165) is 12.8 Å². The summed E-state index contributed by atoms with van der Waals surface area (Å²) < 4.78 is 40.1. The Morgan fingerprint density at radius 2 is 1.93 bits per heavy atom. The number of pyridine rings is 1. The zero-order chi connectivity index (χ0) is 19.4. The Bertz CT molecular complexity index is 914. The zero-order valence-electron chi connectivity index (χ0n) is 14.8. The third-order valence-electron chi connectivity index (χ3n) is 4.21. The Morgan fingerprint density at radius 1 is 1.22 bits per heavy atom. The first kappa shape index (κ1) is 19.8. The van der Waals surface area contributed by atoms with Gasteiger partial charge >= 0.3 is 0 Å². The predicted octanol–water partition coefficient (Wildman–Crippen LogP) is 3.12. The van der Waals surface area contributed by atoms with Gasteiger partial charge in [-0.25, -0.2) is 17.8 Å². The molecule has 0 aliphatic carbocycles. The van der Waals surface area contributed by atoms with Crippen molar-refractivity contribution in [1.82, 2.24) is 9.29 Å². The Morgan fingerprint density at radius 3 is 2.56 bits per heavy atom. The number of aromatic nitrogens is 1. The number of benzene rings is 1. The number of hydrogen-bond acceptors (Lipinski definition) is 5. The van der Waals surface area contributed by atoms with E-state index in [1.165, 1.54) is 40.5 Å². The van der Waals surface area contributed by atoms with E-state index < -0.39 is 21.1 Å². The lowest BCUT2D eigenvalue weighted by molar-refractivity contribution is -0.115. The number of anilines is 1. The van der Waals surface area contributed by atoms with Crippen LogP contribution in [0.25, 0.3) is 0 Å². The average Bonchev–Trinajstić information content (AvgIpc) is 3.19. The lowest BCUT2D eigenvalue weighted by Crippen LogP contribution is -2.28. The first-order valence-electron chi connectivity index (χ1n) is 8.56. The lowest BCUT2D eigenvalue weighted by atomic mass is 10.3. The van der Waals surface area contributed by atoms with E-state index >= 15 is 0 Å². The van der Waals surface area contributed by atoms with Crippen LogP contribution >= 0.6 is 11.8 Å². The highest BCUT2D eigenvalue weighted by atomic mass is 32.2. The molecule has 0 unspecified atom stereocenters. The van der Waals surface area contributed by atoms with Crippen LogP contribution in [0.2, 0.25) is 0 Å². The fourth-order valence-electron chi connectivity index (χ4n) is 2.70. The molecule has 1 aromatic heterocycles. The minimum absolute atomic E-state index is 0.120. The second-order valence-electron chi connectivity index (χ2n) is 6.17. The van der Waals surface area contributed by atoms with Crippen molar-refractivity contribution >= 4 is 33.4 Å². The average molecular weight is 410 g/mol. The van der Waals surface area contributed by atoms with Crippen molar-refractivity contribution in [3.8, 4) is 0 Å². The summed E-state index contributed by atoms with van der Waals surface area (Å²) >= 11 is 1.17. The Labute approximate surface area is 162 Å². The van der Waals surface area contributed by atoms with Crippen molar-refractivity contribution in [1.29, 1.82) is 0 Å². The summed E-state index contributed by atoms with van der Waals surface area (Å²) in [6.07, 6.45) is 3.06. The highest BCUT2D eigenvalue weighted by molar-refractivity contribution is 8.00. The molecule has 1 fully saturated rings. The van der Waals surface area contributed by atoms with E-state index in [0.29, 0.717) is 18.1 Å². The fourth-order valence-corrected chi connectivity index (χ4v) is 4.95. The highest BCUT2D eigenvalue weighted by Crippen LogP contribution is 2.25. The molecule has 1 N–H and O–H groups in total. The molecule has 3 rings (SSSR count). The van der Waals surface area contributed by atoms with Crippen molar-refractivity contribution < 1.29 is 17.6 Å². The van der Waals surface area contributed by atoms with E-state index in [4.69, 9.17) is 0 Å². The van der Waals surface area contributed by atoms with Gasteiger partial charge in [0.1, 0.15) is 10.7 Å². The predicted molar refractivity (Wildman–Crippen MR) is 103 cm³/mol. The van der Waals surface area contributed by atoms with Gasteiger partial charge in [-0.15, -0.1) is 0 Å². The molecule has 0 saturated carbocycles. The number of thioether (sulfide) groups is 1. The molecule has 6 nitrogen and oxygen atoms in total. The molecule has 0 spiro atoms. The molecule has 1 atom stereocenters. The lowest BCUT2D eigenvalue weighted by Gasteiger charge is -2.15. The number of sulfonamides is 1. The molecule has 1 aliphatic rings. The van der Waals surface area contributed by atoms with Crippen LogP contribution in [0.5, 0.6) is 0 Å². The summed E-state index contributed by atoms with van der Waals surface area (Å²) in [5.74, 6) is -0.863. The van der Waals surface area contributed by atoms with Gasteiger partial charge in [0.2, 0.25) is 15.9 Å². The van der Waals surface area contributed by atoms with E-state index in [9.17, 15) is 17.6 Å². The van der Waals surface area contributed by atoms with Gasteiger partial charge < -0.3 is 5.32 Å². The first-order valence-corrected chi connectivity index (χ1v) is 10.9. The summed E-state index contributed by atoms with van der Waals surface area (Å²) in [5.41, 5.74) is 0.120. The summed E-state index contributed by atoms with van der Waals surface area (Å²) in [5, 5.41) is 2.53. The molecule has 27 heavy (non-hydrogen) atoms. The number of carbonyl (C=O) groups excluding carboxylic acids is 1. The van der Waals surface area contributed by atoms with Crippen LogP contribution in [0.15, 0.2) is 52.5 Å². The smallest absolute Gasteiger partial charge is 0.244 e. The van der Waals surface area contributed by atoms with E-state index in [2.05, 4.69) is 10.3 Å². The Balaban J connectivity index is 1.64. The van der Waals surface area contributed by atoms with Gasteiger partial charge in [-0.2, -0.15) is 4.31 Å². The molecular weight excluding hydrogens is 389 g/mol. The minimum atomic E-state index is -3.51. The molecule has 1 amide bonds. The van der Waals surface area contributed by atoms with Gasteiger partial charge in [0.25, 0.3) is 0 Å². The molecular formula is C18H20FN3O3S2. The Kier molecular flexibility index (Phi) is 6.13. The zero-order valence-corrected chi connectivity index (χ0v) is 16.4. The number of nitrogens with one attached hydrogen (secondary N) is 1. The van der Waals surface area contributed by atoms with Crippen LogP contribution in [0.1, 0.15) is 19.8 Å². The molecule has 1 aliphatic heterocycles. The maximum absolute atomic E-state index is 13.6. The largest absolute Gasteiger partial charge is 0.323 e. The van der Waals surface area contributed by atoms with Gasteiger partial charge in [0.15, 0.2) is 0 Å². The maximum atomic E-state index is 13.6. The number of rotatable bonds is 6. The minimum Gasteiger partial charge on any atom is -0.323 e. The molecule has 0 radical (unpaired) electrons. The van der Waals surface area contributed by atoms with Crippen LogP contribution in [0.4, 0.5) is 10.1 Å². The topological polar surface area (TPSA) is 79.4 Å². The number of nitrogens with zero attached hydrogens (tertiary/aromatic N) is 2. The molecule has 2 aromatic rings. The molecule has 9 heteroatoms. The molecule has 1 saturated heterocycles. The quantitative estimate of drug-likeness (QED) is 0.742. The first-order chi connectivity index (χ1) is 12.9. The SMILES string of the molecule is C[C@@H](Sc1ccc(S(=O)(=O)N2CCCC2)cn1)C(=O)Nc1ccccc1F.